The number of rotatable bonds is 8. The third-order valence-corrected chi connectivity index (χ3v) is 5.37. The Morgan fingerprint density at radius 2 is 2.00 bits per heavy atom. The lowest BCUT2D eigenvalue weighted by molar-refractivity contribution is -0.322. The summed E-state index contributed by atoms with van der Waals surface area (Å²) in [7, 11) is 2.83. The van der Waals surface area contributed by atoms with E-state index in [2.05, 4.69) is 0 Å². The Bertz CT molecular complexity index is 602. The van der Waals surface area contributed by atoms with Gasteiger partial charge in [-0.05, 0) is 12.5 Å². The van der Waals surface area contributed by atoms with Gasteiger partial charge in [-0.1, -0.05) is 44.2 Å². The van der Waals surface area contributed by atoms with E-state index in [1.807, 2.05) is 44.2 Å². The highest BCUT2D eigenvalue weighted by atomic mass is 16.7. The summed E-state index contributed by atoms with van der Waals surface area (Å²) in [5.41, 5.74) is 0.721. The lowest BCUT2D eigenvalue weighted by atomic mass is 9.79. The molecule has 0 aliphatic carbocycles. The van der Waals surface area contributed by atoms with E-state index in [9.17, 15) is 9.90 Å². The average molecular weight is 380 g/mol. The van der Waals surface area contributed by atoms with Crippen LogP contribution in [0.5, 0.6) is 0 Å². The number of benzene rings is 1. The van der Waals surface area contributed by atoms with Crippen LogP contribution in [0.1, 0.15) is 39.2 Å². The minimum absolute atomic E-state index is 0.219. The van der Waals surface area contributed by atoms with E-state index in [1.54, 1.807) is 6.92 Å². The molecule has 1 aromatic carbocycles. The van der Waals surface area contributed by atoms with Crippen LogP contribution in [0, 0.1) is 11.3 Å². The van der Waals surface area contributed by atoms with Gasteiger partial charge in [-0.2, -0.15) is 0 Å². The molecule has 0 bridgehead atoms. The van der Waals surface area contributed by atoms with E-state index < -0.39 is 23.8 Å². The van der Waals surface area contributed by atoms with Gasteiger partial charge in [0.15, 0.2) is 5.79 Å². The quantitative estimate of drug-likeness (QED) is 0.699. The fourth-order valence-corrected chi connectivity index (χ4v) is 3.52. The van der Waals surface area contributed by atoms with Gasteiger partial charge in [-0.15, -0.1) is 0 Å². The van der Waals surface area contributed by atoms with Crippen LogP contribution in [-0.2, 0) is 30.3 Å². The molecule has 0 saturated carbocycles. The summed E-state index contributed by atoms with van der Waals surface area (Å²) in [6.07, 6.45) is -0.286. The molecule has 1 heterocycles. The standard InChI is InChI=1S/C21H32O6/c1-15(19(23)24-4)21(25-5)12-17(22)11-18(27-21)20(2,3)14-26-13-16-9-7-6-8-10-16/h6-10,15,17-18,22H,11-14H2,1-5H3/t15?,17-,18-,21+/m1/s1. The predicted octanol–water partition coefficient (Wildman–Crippen LogP) is 2.92. The molecule has 1 aromatic rings. The number of methoxy groups -OCH3 is 2. The van der Waals surface area contributed by atoms with Gasteiger partial charge in [0.1, 0.15) is 5.92 Å². The maximum atomic E-state index is 12.1. The molecule has 27 heavy (non-hydrogen) atoms. The molecule has 1 saturated heterocycles. The zero-order valence-corrected chi connectivity index (χ0v) is 16.9. The molecule has 1 aliphatic heterocycles. The van der Waals surface area contributed by atoms with Crippen LogP contribution in [-0.4, -0.2) is 49.9 Å². The largest absolute Gasteiger partial charge is 0.469 e. The lowest BCUT2D eigenvalue weighted by Crippen LogP contribution is -2.57. The van der Waals surface area contributed by atoms with Crippen LogP contribution < -0.4 is 0 Å². The van der Waals surface area contributed by atoms with E-state index in [1.165, 1.54) is 14.2 Å². The minimum Gasteiger partial charge on any atom is -0.469 e. The number of carbonyl (C=O) groups excluding carboxylic acids is 1. The average Bonchev–Trinajstić information content (AvgIpc) is 2.66. The Hall–Kier alpha value is -1.47. The van der Waals surface area contributed by atoms with Crippen LogP contribution >= 0.6 is 0 Å². The Labute approximate surface area is 161 Å². The van der Waals surface area contributed by atoms with Gasteiger partial charge in [0.05, 0.1) is 32.5 Å². The van der Waals surface area contributed by atoms with Gasteiger partial charge in [-0.25, -0.2) is 0 Å². The Kier molecular flexibility index (Phi) is 7.40. The fourth-order valence-electron chi connectivity index (χ4n) is 3.52. The summed E-state index contributed by atoms with van der Waals surface area (Å²) in [6.45, 7) is 6.72. The molecule has 152 valence electrons. The van der Waals surface area contributed by atoms with Crippen molar-refractivity contribution < 1.29 is 28.8 Å². The second-order valence-electron chi connectivity index (χ2n) is 7.93. The third kappa shape index (κ3) is 5.29. The Balaban J connectivity index is 2.07. The maximum Gasteiger partial charge on any atom is 0.313 e. The summed E-state index contributed by atoms with van der Waals surface area (Å²) >= 11 is 0. The zero-order chi connectivity index (χ0) is 20.1. The van der Waals surface area contributed by atoms with Crippen molar-refractivity contribution in [2.24, 2.45) is 11.3 Å². The molecule has 2 rings (SSSR count). The van der Waals surface area contributed by atoms with E-state index in [0.29, 0.717) is 19.6 Å². The summed E-state index contributed by atoms with van der Waals surface area (Å²) in [4.78, 5) is 12.1. The van der Waals surface area contributed by atoms with Crippen molar-refractivity contribution in [3.8, 4) is 0 Å². The highest BCUT2D eigenvalue weighted by Gasteiger charge is 2.51. The van der Waals surface area contributed by atoms with Crippen molar-refractivity contribution >= 4 is 5.97 Å². The molecule has 1 aliphatic rings. The van der Waals surface area contributed by atoms with Crippen molar-refractivity contribution in [2.45, 2.75) is 58.2 Å². The van der Waals surface area contributed by atoms with Crippen LogP contribution in [0.4, 0.5) is 0 Å². The monoisotopic (exact) mass is 380 g/mol. The second kappa shape index (κ2) is 9.15. The molecule has 6 nitrogen and oxygen atoms in total. The first-order valence-electron chi connectivity index (χ1n) is 9.34. The highest BCUT2D eigenvalue weighted by molar-refractivity contribution is 5.73. The van der Waals surface area contributed by atoms with Crippen molar-refractivity contribution in [2.75, 3.05) is 20.8 Å². The number of aliphatic hydroxyl groups excluding tert-OH is 1. The fraction of sp³-hybridized carbons (Fsp3) is 0.667. The van der Waals surface area contributed by atoms with E-state index in [0.717, 1.165) is 5.56 Å². The number of ether oxygens (including phenoxy) is 4. The first-order chi connectivity index (χ1) is 12.7. The maximum absolute atomic E-state index is 12.1. The molecular formula is C21H32O6. The van der Waals surface area contributed by atoms with Crippen LogP contribution in [0.2, 0.25) is 0 Å². The molecule has 0 aromatic heterocycles. The normalized spacial score (nSPS) is 27.2. The molecule has 1 N–H and O–H groups in total. The van der Waals surface area contributed by atoms with Crippen molar-refractivity contribution in [3.63, 3.8) is 0 Å². The van der Waals surface area contributed by atoms with Gasteiger partial charge in [0.25, 0.3) is 0 Å². The third-order valence-electron chi connectivity index (χ3n) is 5.37. The van der Waals surface area contributed by atoms with Gasteiger partial charge in [-0.3, -0.25) is 4.79 Å². The van der Waals surface area contributed by atoms with Crippen molar-refractivity contribution in [1.82, 2.24) is 0 Å². The highest BCUT2D eigenvalue weighted by Crippen LogP contribution is 2.42. The first-order valence-corrected chi connectivity index (χ1v) is 9.34. The van der Waals surface area contributed by atoms with Crippen LogP contribution in [0.15, 0.2) is 30.3 Å². The summed E-state index contributed by atoms with van der Waals surface area (Å²) in [6, 6.07) is 9.96. The lowest BCUT2D eigenvalue weighted by Gasteiger charge is -2.48. The summed E-state index contributed by atoms with van der Waals surface area (Å²) in [5.74, 6) is -2.31. The van der Waals surface area contributed by atoms with Gasteiger partial charge in [0.2, 0.25) is 0 Å². The van der Waals surface area contributed by atoms with Crippen LogP contribution in [0.3, 0.4) is 0 Å². The summed E-state index contributed by atoms with van der Waals surface area (Å²) < 4.78 is 22.7. The van der Waals surface area contributed by atoms with Gasteiger partial charge >= 0.3 is 5.97 Å². The second-order valence-corrected chi connectivity index (χ2v) is 7.93. The molecule has 0 amide bonds. The van der Waals surface area contributed by atoms with E-state index in [-0.39, 0.29) is 17.9 Å². The van der Waals surface area contributed by atoms with Crippen molar-refractivity contribution in [3.05, 3.63) is 35.9 Å². The van der Waals surface area contributed by atoms with E-state index >= 15 is 0 Å². The number of carbonyl (C=O) groups is 1. The number of aliphatic hydroxyl groups is 1. The minimum atomic E-state index is -1.22. The zero-order valence-electron chi connectivity index (χ0n) is 16.9. The molecule has 6 heteroatoms. The van der Waals surface area contributed by atoms with E-state index in [4.69, 9.17) is 18.9 Å². The Morgan fingerprint density at radius 3 is 2.59 bits per heavy atom. The predicted molar refractivity (Wildman–Crippen MR) is 101 cm³/mol. The molecular weight excluding hydrogens is 348 g/mol. The van der Waals surface area contributed by atoms with Crippen molar-refractivity contribution in [1.29, 1.82) is 0 Å². The first kappa shape index (κ1) is 21.8. The smallest absolute Gasteiger partial charge is 0.313 e. The summed E-state index contributed by atoms with van der Waals surface area (Å²) in [5, 5.41) is 10.5. The molecule has 1 fully saturated rings. The molecule has 0 spiro atoms. The number of hydrogen-bond donors (Lipinski definition) is 1. The molecule has 0 radical (unpaired) electrons. The number of esters is 1. The van der Waals surface area contributed by atoms with Gasteiger partial charge < -0.3 is 24.1 Å². The Morgan fingerprint density at radius 1 is 1.33 bits per heavy atom. The van der Waals surface area contributed by atoms with Gasteiger partial charge in [0, 0.05) is 25.4 Å². The topological polar surface area (TPSA) is 74.2 Å². The SMILES string of the molecule is COC(=O)C(C)[C@]1(OC)C[C@H](O)C[C@H](C(C)(C)COCc2ccccc2)O1. The van der Waals surface area contributed by atoms with Crippen LogP contribution in [0.25, 0.3) is 0 Å². The molecule has 4 atom stereocenters. The number of hydrogen-bond acceptors (Lipinski definition) is 6. The molecule has 1 unspecified atom stereocenters.